The van der Waals surface area contributed by atoms with Crippen molar-refractivity contribution in [2.24, 2.45) is 5.41 Å². The van der Waals surface area contributed by atoms with Gasteiger partial charge in [-0.3, -0.25) is 4.79 Å². The van der Waals surface area contributed by atoms with E-state index in [-0.39, 0.29) is 17.0 Å². The quantitative estimate of drug-likeness (QED) is 0.659. The normalized spacial score (nSPS) is 19.9. The van der Waals surface area contributed by atoms with Crippen molar-refractivity contribution in [3.8, 4) is 11.4 Å². The molecular weight excluding hydrogens is 386 g/mol. The van der Waals surface area contributed by atoms with Gasteiger partial charge in [-0.05, 0) is 42.2 Å². The first-order valence-corrected chi connectivity index (χ1v) is 9.82. The highest BCUT2D eigenvalue weighted by atomic mass is 19.1. The van der Waals surface area contributed by atoms with Crippen molar-refractivity contribution in [1.82, 2.24) is 14.8 Å². The molecule has 152 valence electrons. The molecule has 5 nitrogen and oxygen atoms in total. The number of anilines is 1. The van der Waals surface area contributed by atoms with Crippen molar-refractivity contribution in [1.29, 1.82) is 0 Å². The fraction of sp³-hybridized carbons (Fsp3) is 0.261. The maximum Gasteiger partial charge on any atom is 0.226 e. The molecule has 1 aromatic heterocycles. The van der Waals surface area contributed by atoms with Crippen LogP contribution in [0.25, 0.3) is 11.4 Å². The van der Waals surface area contributed by atoms with Crippen molar-refractivity contribution in [2.45, 2.75) is 32.7 Å². The molecule has 0 fully saturated rings. The number of hydrogen-bond acceptors (Lipinski definition) is 4. The van der Waals surface area contributed by atoms with Crippen molar-refractivity contribution < 1.29 is 13.6 Å². The maximum absolute atomic E-state index is 14.8. The molecule has 1 atom stereocenters. The predicted octanol–water partition coefficient (Wildman–Crippen LogP) is 4.88. The highest BCUT2D eigenvalue weighted by molar-refractivity contribution is 6.00. The molecule has 0 saturated heterocycles. The number of carbonyl (C=O) groups is 1. The Balaban J connectivity index is 1.70. The van der Waals surface area contributed by atoms with E-state index in [0.717, 1.165) is 5.70 Å². The Hall–Kier alpha value is -3.35. The monoisotopic (exact) mass is 406 g/mol. The molecule has 1 aliphatic heterocycles. The highest BCUT2D eigenvalue weighted by Crippen LogP contribution is 2.46. The standard InChI is InChI=1S/C23H20F2N4O/c1-23(2)11-17-19(18(30)12-23)20(15-5-3-4-6-16(15)25)29-22(26-17)27-21(28-29)13-7-9-14(24)10-8-13/h3-10,20H,11-12H2,1-2H3,(H,26,27,28). The summed E-state index contributed by atoms with van der Waals surface area (Å²) in [6, 6.07) is 11.6. The summed E-state index contributed by atoms with van der Waals surface area (Å²) in [5.74, 6) is 0.0393. The molecule has 2 aliphatic rings. The van der Waals surface area contributed by atoms with Crippen molar-refractivity contribution >= 4 is 11.7 Å². The van der Waals surface area contributed by atoms with Crippen LogP contribution in [0.2, 0.25) is 0 Å². The minimum Gasteiger partial charge on any atom is -0.328 e. The third kappa shape index (κ3) is 3.01. The van der Waals surface area contributed by atoms with Crippen LogP contribution in [-0.2, 0) is 4.79 Å². The van der Waals surface area contributed by atoms with E-state index in [1.807, 2.05) is 13.8 Å². The van der Waals surface area contributed by atoms with Crippen LogP contribution >= 0.6 is 0 Å². The Bertz CT molecular complexity index is 1190. The molecule has 30 heavy (non-hydrogen) atoms. The van der Waals surface area contributed by atoms with Gasteiger partial charge in [0, 0.05) is 28.8 Å². The molecule has 0 spiro atoms. The SMILES string of the molecule is CC1(C)CC(=O)C2=C(C1)Nc1nc(-c3ccc(F)cc3)nn1C2c1ccccc1F. The van der Waals surface area contributed by atoms with Crippen LogP contribution in [-0.4, -0.2) is 20.5 Å². The lowest BCUT2D eigenvalue weighted by Crippen LogP contribution is -2.36. The molecule has 1 unspecified atom stereocenters. The first-order valence-electron chi connectivity index (χ1n) is 9.82. The summed E-state index contributed by atoms with van der Waals surface area (Å²) in [6.45, 7) is 4.08. The summed E-state index contributed by atoms with van der Waals surface area (Å²) in [5, 5.41) is 7.84. The van der Waals surface area contributed by atoms with Crippen molar-refractivity contribution in [3.05, 3.63) is 77.0 Å². The van der Waals surface area contributed by atoms with E-state index in [1.54, 1.807) is 35.0 Å². The van der Waals surface area contributed by atoms with Crippen LogP contribution in [0.1, 0.15) is 38.3 Å². The molecule has 0 saturated carbocycles. The average Bonchev–Trinajstić information content (AvgIpc) is 3.10. The zero-order valence-electron chi connectivity index (χ0n) is 16.6. The minimum absolute atomic E-state index is 0.0218. The van der Waals surface area contributed by atoms with Gasteiger partial charge in [-0.15, -0.1) is 5.10 Å². The van der Waals surface area contributed by atoms with Crippen LogP contribution in [0.5, 0.6) is 0 Å². The fourth-order valence-corrected chi connectivity index (χ4v) is 4.31. The zero-order chi connectivity index (χ0) is 21.0. The Kier molecular flexibility index (Phi) is 4.10. The van der Waals surface area contributed by atoms with Crippen LogP contribution in [0.3, 0.4) is 0 Å². The number of aromatic nitrogens is 3. The Morgan fingerprint density at radius 3 is 2.53 bits per heavy atom. The van der Waals surface area contributed by atoms with E-state index < -0.39 is 11.9 Å². The summed E-state index contributed by atoms with van der Waals surface area (Å²) in [5.41, 5.74) is 2.09. The first-order chi connectivity index (χ1) is 14.3. The zero-order valence-corrected chi connectivity index (χ0v) is 16.6. The number of benzene rings is 2. The van der Waals surface area contributed by atoms with Gasteiger partial charge < -0.3 is 5.32 Å². The van der Waals surface area contributed by atoms with Gasteiger partial charge in [0.2, 0.25) is 5.95 Å². The van der Waals surface area contributed by atoms with Gasteiger partial charge in [0.15, 0.2) is 11.6 Å². The smallest absolute Gasteiger partial charge is 0.226 e. The average molecular weight is 406 g/mol. The molecule has 2 heterocycles. The number of nitrogens with one attached hydrogen (secondary N) is 1. The molecule has 0 amide bonds. The van der Waals surface area contributed by atoms with E-state index in [1.165, 1.54) is 18.2 Å². The lowest BCUT2D eigenvalue weighted by atomic mass is 9.73. The highest BCUT2D eigenvalue weighted by Gasteiger charge is 2.42. The second kappa shape index (κ2) is 6.58. The number of fused-ring (bicyclic) bond motifs is 1. The number of halogens is 2. The van der Waals surface area contributed by atoms with Gasteiger partial charge in [-0.25, -0.2) is 13.5 Å². The van der Waals surface area contributed by atoms with Crippen LogP contribution in [0.4, 0.5) is 14.7 Å². The molecule has 5 rings (SSSR count). The Labute approximate surface area is 172 Å². The molecule has 2 aromatic carbocycles. The van der Waals surface area contributed by atoms with E-state index >= 15 is 0 Å². The van der Waals surface area contributed by atoms with Gasteiger partial charge in [0.1, 0.15) is 17.7 Å². The van der Waals surface area contributed by atoms with Crippen LogP contribution in [0, 0.1) is 17.0 Å². The third-order valence-electron chi connectivity index (χ3n) is 5.63. The van der Waals surface area contributed by atoms with E-state index in [9.17, 15) is 13.6 Å². The largest absolute Gasteiger partial charge is 0.328 e. The van der Waals surface area contributed by atoms with Gasteiger partial charge in [0.25, 0.3) is 0 Å². The molecule has 0 radical (unpaired) electrons. The van der Waals surface area contributed by atoms with Gasteiger partial charge in [-0.2, -0.15) is 4.98 Å². The van der Waals surface area contributed by atoms with E-state index in [4.69, 9.17) is 0 Å². The Morgan fingerprint density at radius 2 is 1.80 bits per heavy atom. The number of ketones is 1. The Morgan fingerprint density at radius 1 is 1.07 bits per heavy atom. The second-order valence-electron chi connectivity index (χ2n) is 8.59. The van der Waals surface area contributed by atoms with Gasteiger partial charge >= 0.3 is 0 Å². The summed E-state index contributed by atoms with van der Waals surface area (Å²) in [6.07, 6.45) is 1.03. The molecule has 1 aliphatic carbocycles. The summed E-state index contributed by atoms with van der Waals surface area (Å²) in [4.78, 5) is 17.7. The number of carbonyl (C=O) groups excluding carboxylic acids is 1. The van der Waals surface area contributed by atoms with Crippen LogP contribution < -0.4 is 5.32 Å². The molecule has 0 bridgehead atoms. The number of hydrogen-bond donors (Lipinski definition) is 1. The van der Waals surface area contributed by atoms with Crippen molar-refractivity contribution in [3.63, 3.8) is 0 Å². The third-order valence-corrected chi connectivity index (χ3v) is 5.63. The summed E-state index contributed by atoms with van der Waals surface area (Å²) in [7, 11) is 0. The van der Waals surface area contributed by atoms with E-state index in [2.05, 4.69) is 15.4 Å². The molecular formula is C23H20F2N4O. The lowest BCUT2D eigenvalue weighted by molar-refractivity contribution is -0.118. The first kappa shape index (κ1) is 18.7. The minimum atomic E-state index is -0.706. The molecule has 7 heteroatoms. The topological polar surface area (TPSA) is 59.8 Å². The maximum atomic E-state index is 14.8. The fourth-order valence-electron chi connectivity index (χ4n) is 4.31. The number of nitrogens with zero attached hydrogens (tertiary/aromatic N) is 3. The van der Waals surface area contributed by atoms with Crippen LogP contribution in [0.15, 0.2) is 59.8 Å². The lowest BCUT2D eigenvalue weighted by Gasteiger charge is -2.38. The van der Waals surface area contributed by atoms with Gasteiger partial charge in [0.05, 0.1) is 0 Å². The number of Topliss-reactive ketones (excluding diaryl/α,β-unsaturated/α-hetero) is 1. The predicted molar refractivity (Wildman–Crippen MR) is 109 cm³/mol. The number of allylic oxidation sites excluding steroid dienone is 2. The van der Waals surface area contributed by atoms with Gasteiger partial charge in [-0.1, -0.05) is 32.0 Å². The summed E-state index contributed by atoms with van der Waals surface area (Å²) < 4.78 is 29.7. The number of rotatable bonds is 2. The van der Waals surface area contributed by atoms with E-state index in [0.29, 0.717) is 41.3 Å². The molecule has 3 aromatic rings. The molecule has 1 N–H and O–H groups in total. The summed E-state index contributed by atoms with van der Waals surface area (Å²) >= 11 is 0. The second-order valence-corrected chi connectivity index (χ2v) is 8.59. The van der Waals surface area contributed by atoms with Crippen molar-refractivity contribution in [2.75, 3.05) is 5.32 Å².